The van der Waals surface area contributed by atoms with E-state index in [4.69, 9.17) is 5.73 Å². The van der Waals surface area contributed by atoms with E-state index in [0.29, 0.717) is 12.5 Å². The molecule has 0 aliphatic heterocycles. The average molecular weight is 329 g/mol. The third-order valence-corrected chi connectivity index (χ3v) is 4.91. The van der Waals surface area contributed by atoms with Crippen molar-refractivity contribution in [2.75, 3.05) is 12.3 Å². The second kappa shape index (κ2) is 9.34. The molecule has 3 nitrogen and oxygen atoms in total. The third kappa shape index (κ3) is 5.20. The zero-order valence-electron chi connectivity index (χ0n) is 12.5. The van der Waals surface area contributed by atoms with Gasteiger partial charge >= 0.3 is 0 Å². The summed E-state index contributed by atoms with van der Waals surface area (Å²) in [7, 11) is 0. The van der Waals surface area contributed by atoms with Gasteiger partial charge in [0.2, 0.25) is 0 Å². The first-order valence-corrected chi connectivity index (χ1v) is 8.57. The van der Waals surface area contributed by atoms with Crippen molar-refractivity contribution in [3.8, 4) is 0 Å². The van der Waals surface area contributed by atoms with Crippen LogP contribution in [0.3, 0.4) is 0 Å². The molecule has 118 valence electrons. The molecule has 3 N–H and O–H groups in total. The molecule has 5 heteroatoms. The number of nitrogens with two attached hydrogens (primary N) is 1. The molecule has 1 fully saturated rings. The van der Waals surface area contributed by atoms with E-state index in [1.165, 1.54) is 12.0 Å². The fraction of sp³-hybridized carbons (Fsp3) is 0.562. The summed E-state index contributed by atoms with van der Waals surface area (Å²) in [4.78, 5) is 12.2. The van der Waals surface area contributed by atoms with Crippen LogP contribution in [0.5, 0.6) is 0 Å². The minimum absolute atomic E-state index is 0. The Hall–Kier alpha value is -0.710. The number of amides is 1. The van der Waals surface area contributed by atoms with Crippen LogP contribution in [-0.4, -0.2) is 24.2 Å². The molecule has 1 aliphatic carbocycles. The minimum Gasteiger partial charge on any atom is -0.349 e. The molecule has 0 heterocycles. The Bertz CT molecular complexity index is 438. The van der Waals surface area contributed by atoms with E-state index in [2.05, 4.69) is 12.2 Å². The Labute approximate surface area is 137 Å². The minimum atomic E-state index is 0. The molecule has 2 unspecified atom stereocenters. The molecule has 1 aromatic rings. The van der Waals surface area contributed by atoms with Gasteiger partial charge in [-0.25, -0.2) is 0 Å². The molecule has 1 aliphatic rings. The van der Waals surface area contributed by atoms with Crippen molar-refractivity contribution in [3.05, 3.63) is 35.4 Å². The van der Waals surface area contributed by atoms with Crippen molar-refractivity contribution in [2.45, 2.75) is 38.0 Å². The molecule has 1 saturated carbocycles. The Morgan fingerprint density at radius 3 is 2.67 bits per heavy atom. The number of hydrogen-bond donors (Lipinski definition) is 2. The second-order valence-electron chi connectivity index (χ2n) is 5.34. The van der Waals surface area contributed by atoms with Gasteiger partial charge in [0.05, 0.1) is 0 Å². The highest BCUT2D eigenvalue weighted by molar-refractivity contribution is 7.98. The first-order valence-electron chi connectivity index (χ1n) is 7.42. The first kappa shape index (κ1) is 18.3. The van der Waals surface area contributed by atoms with E-state index in [-0.39, 0.29) is 24.4 Å². The standard InChI is InChI=1S/C16H24N2OS.ClH/c1-2-20-11-12-6-8-13(9-7-12)16(19)18-15-5-3-4-14(15)10-17;/h6-9,14-15H,2-5,10-11,17H2,1H3,(H,18,19);1H. The van der Waals surface area contributed by atoms with E-state index in [9.17, 15) is 4.79 Å². The van der Waals surface area contributed by atoms with Crippen LogP contribution in [0.15, 0.2) is 24.3 Å². The monoisotopic (exact) mass is 328 g/mol. The zero-order chi connectivity index (χ0) is 14.4. The molecule has 1 amide bonds. The summed E-state index contributed by atoms with van der Waals surface area (Å²) in [5, 5.41) is 3.13. The summed E-state index contributed by atoms with van der Waals surface area (Å²) >= 11 is 1.89. The van der Waals surface area contributed by atoms with Crippen LogP contribution < -0.4 is 11.1 Å². The Morgan fingerprint density at radius 2 is 2.05 bits per heavy atom. The van der Waals surface area contributed by atoms with E-state index >= 15 is 0 Å². The zero-order valence-corrected chi connectivity index (χ0v) is 14.1. The summed E-state index contributed by atoms with van der Waals surface area (Å²) < 4.78 is 0. The predicted molar refractivity (Wildman–Crippen MR) is 93.2 cm³/mol. The van der Waals surface area contributed by atoms with E-state index in [1.54, 1.807) is 0 Å². The van der Waals surface area contributed by atoms with Gasteiger partial charge in [0.15, 0.2) is 0 Å². The van der Waals surface area contributed by atoms with E-state index < -0.39 is 0 Å². The van der Waals surface area contributed by atoms with E-state index in [1.807, 2.05) is 36.0 Å². The second-order valence-corrected chi connectivity index (χ2v) is 6.61. The van der Waals surface area contributed by atoms with E-state index in [0.717, 1.165) is 29.9 Å². The number of halogens is 1. The van der Waals surface area contributed by atoms with Gasteiger partial charge in [0.25, 0.3) is 5.91 Å². The lowest BCUT2D eigenvalue weighted by Gasteiger charge is -2.19. The lowest BCUT2D eigenvalue weighted by molar-refractivity contribution is 0.0929. The van der Waals surface area contributed by atoms with Crippen LogP contribution in [0, 0.1) is 5.92 Å². The molecule has 0 aromatic heterocycles. The quantitative estimate of drug-likeness (QED) is 0.843. The van der Waals surface area contributed by atoms with Crippen molar-refractivity contribution in [1.82, 2.24) is 5.32 Å². The molecule has 0 saturated heterocycles. The normalized spacial score (nSPS) is 20.9. The molecule has 1 aromatic carbocycles. The Kier molecular flexibility index (Phi) is 8.15. The highest BCUT2D eigenvalue weighted by atomic mass is 35.5. The largest absolute Gasteiger partial charge is 0.349 e. The molecule has 2 atom stereocenters. The molecule has 2 rings (SSSR count). The smallest absolute Gasteiger partial charge is 0.251 e. The number of nitrogens with one attached hydrogen (secondary N) is 1. The summed E-state index contributed by atoms with van der Waals surface area (Å²) in [6.07, 6.45) is 3.35. The third-order valence-electron chi connectivity index (χ3n) is 3.97. The number of rotatable bonds is 6. The summed E-state index contributed by atoms with van der Waals surface area (Å²) in [6.45, 7) is 2.82. The first-order chi connectivity index (χ1) is 9.74. The number of benzene rings is 1. The van der Waals surface area contributed by atoms with Crippen molar-refractivity contribution < 1.29 is 4.79 Å². The molecular formula is C16H25ClN2OS. The Morgan fingerprint density at radius 1 is 1.33 bits per heavy atom. The van der Waals surface area contributed by atoms with Crippen LogP contribution in [-0.2, 0) is 5.75 Å². The van der Waals surface area contributed by atoms with Crippen LogP contribution in [0.2, 0.25) is 0 Å². The van der Waals surface area contributed by atoms with Crippen LogP contribution in [0.4, 0.5) is 0 Å². The topological polar surface area (TPSA) is 55.1 Å². The van der Waals surface area contributed by atoms with Crippen molar-refractivity contribution in [1.29, 1.82) is 0 Å². The van der Waals surface area contributed by atoms with Gasteiger partial charge in [-0.1, -0.05) is 25.5 Å². The maximum atomic E-state index is 12.2. The number of carbonyl (C=O) groups excluding carboxylic acids is 1. The summed E-state index contributed by atoms with van der Waals surface area (Å²) in [5.41, 5.74) is 7.77. The van der Waals surface area contributed by atoms with Gasteiger partial charge in [0, 0.05) is 17.4 Å². The van der Waals surface area contributed by atoms with Crippen molar-refractivity contribution in [3.63, 3.8) is 0 Å². The lowest BCUT2D eigenvalue weighted by atomic mass is 10.0. The van der Waals surface area contributed by atoms with Crippen LogP contribution in [0.25, 0.3) is 0 Å². The predicted octanol–water partition coefficient (Wildman–Crippen LogP) is 3.22. The van der Waals surface area contributed by atoms with Crippen molar-refractivity contribution in [2.24, 2.45) is 11.7 Å². The van der Waals surface area contributed by atoms with Gasteiger partial charge in [0.1, 0.15) is 0 Å². The van der Waals surface area contributed by atoms with Gasteiger partial charge in [-0.15, -0.1) is 12.4 Å². The number of carbonyl (C=O) groups is 1. The van der Waals surface area contributed by atoms with Gasteiger partial charge in [-0.05, 0) is 48.8 Å². The van der Waals surface area contributed by atoms with Crippen LogP contribution in [0.1, 0.15) is 42.1 Å². The Balaban J connectivity index is 0.00000220. The molecule has 0 bridgehead atoms. The van der Waals surface area contributed by atoms with Crippen molar-refractivity contribution >= 4 is 30.1 Å². The SMILES string of the molecule is CCSCc1ccc(C(=O)NC2CCCC2CN)cc1.Cl. The maximum absolute atomic E-state index is 12.2. The molecular weight excluding hydrogens is 304 g/mol. The van der Waals surface area contributed by atoms with Gasteiger partial charge in [-0.3, -0.25) is 4.79 Å². The van der Waals surface area contributed by atoms with Gasteiger partial charge < -0.3 is 11.1 Å². The lowest BCUT2D eigenvalue weighted by Crippen LogP contribution is -2.39. The summed E-state index contributed by atoms with van der Waals surface area (Å²) in [5.74, 6) is 2.60. The highest BCUT2D eigenvalue weighted by Crippen LogP contribution is 2.25. The average Bonchev–Trinajstić information content (AvgIpc) is 2.92. The molecule has 21 heavy (non-hydrogen) atoms. The van der Waals surface area contributed by atoms with Gasteiger partial charge in [-0.2, -0.15) is 11.8 Å². The highest BCUT2D eigenvalue weighted by Gasteiger charge is 2.27. The summed E-state index contributed by atoms with van der Waals surface area (Å²) in [6, 6.07) is 8.20. The fourth-order valence-electron chi connectivity index (χ4n) is 2.73. The molecule has 0 spiro atoms. The fourth-order valence-corrected chi connectivity index (χ4v) is 3.37. The number of thioether (sulfide) groups is 1. The molecule has 0 radical (unpaired) electrons. The number of hydrogen-bond acceptors (Lipinski definition) is 3. The van der Waals surface area contributed by atoms with Crippen LogP contribution >= 0.6 is 24.2 Å². The maximum Gasteiger partial charge on any atom is 0.251 e.